The summed E-state index contributed by atoms with van der Waals surface area (Å²) < 4.78 is 2.17. The van der Waals surface area contributed by atoms with Crippen LogP contribution in [-0.4, -0.2) is 64.5 Å². The number of nitrogens with one attached hydrogen (secondary N) is 1. The Labute approximate surface area is 142 Å². The minimum Gasteiger partial charge on any atom is -0.352 e. The molecule has 3 rings (SSSR count). The third kappa shape index (κ3) is 3.83. The van der Waals surface area contributed by atoms with Gasteiger partial charge in [-0.15, -0.1) is 6.58 Å². The molecule has 2 heterocycles. The van der Waals surface area contributed by atoms with Gasteiger partial charge in [-0.2, -0.15) is 0 Å². The van der Waals surface area contributed by atoms with Crippen LogP contribution >= 0.6 is 0 Å². The van der Waals surface area contributed by atoms with Crippen molar-refractivity contribution in [3.8, 4) is 0 Å². The molecule has 1 fully saturated rings. The number of aromatic nitrogens is 2. The van der Waals surface area contributed by atoms with Gasteiger partial charge in [0.2, 0.25) is 5.91 Å². The van der Waals surface area contributed by atoms with Gasteiger partial charge in [-0.05, 0) is 12.1 Å². The predicted octanol–water partition coefficient (Wildman–Crippen LogP) is 0.993. The fourth-order valence-corrected chi connectivity index (χ4v) is 3.09. The average Bonchev–Trinajstić information content (AvgIpc) is 2.91. The molecular formula is C18H25N5O. The molecule has 1 aromatic heterocycles. The maximum Gasteiger partial charge on any atom is 0.234 e. The molecule has 128 valence electrons. The molecule has 0 aliphatic carbocycles. The van der Waals surface area contributed by atoms with E-state index in [2.05, 4.69) is 45.4 Å². The van der Waals surface area contributed by atoms with Crippen LogP contribution in [0.15, 0.2) is 36.9 Å². The number of carbonyl (C=O) groups is 1. The Kier molecular flexibility index (Phi) is 5.27. The number of hydrogen-bond donors (Lipinski definition) is 1. The van der Waals surface area contributed by atoms with Crippen LogP contribution in [0, 0.1) is 0 Å². The topological polar surface area (TPSA) is 53.4 Å². The number of fused-ring (bicyclic) bond motifs is 1. The lowest BCUT2D eigenvalue weighted by molar-refractivity contribution is -0.122. The Morgan fingerprint density at radius 1 is 1.25 bits per heavy atom. The molecular weight excluding hydrogens is 302 g/mol. The Morgan fingerprint density at radius 2 is 1.96 bits per heavy atom. The lowest BCUT2D eigenvalue weighted by atomic mass is 10.3. The van der Waals surface area contributed by atoms with E-state index in [1.807, 2.05) is 12.1 Å². The normalized spacial score (nSPS) is 16.4. The van der Waals surface area contributed by atoms with Gasteiger partial charge in [-0.3, -0.25) is 14.6 Å². The van der Waals surface area contributed by atoms with Crippen molar-refractivity contribution in [2.24, 2.45) is 7.05 Å². The number of nitrogens with zero attached hydrogens (tertiary/aromatic N) is 4. The minimum absolute atomic E-state index is 0.0682. The molecule has 1 N–H and O–H groups in total. The zero-order valence-electron chi connectivity index (χ0n) is 14.2. The summed E-state index contributed by atoms with van der Waals surface area (Å²) in [6.45, 7) is 9.19. The first-order valence-electron chi connectivity index (χ1n) is 8.40. The monoisotopic (exact) mass is 327 g/mol. The summed E-state index contributed by atoms with van der Waals surface area (Å²) in [5.74, 6) is 1.16. The van der Waals surface area contributed by atoms with Crippen LogP contribution in [0.25, 0.3) is 11.0 Å². The summed E-state index contributed by atoms with van der Waals surface area (Å²) >= 11 is 0. The molecule has 0 atom stereocenters. The zero-order chi connectivity index (χ0) is 16.9. The smallest absolute Gasteiger partial charge is 0.234 e. The van der Waals surface area contributed by atoms with E-state index in [1.54, 1.807) is 6.08 Å². The lowest BCUT2D eigenvalue weighted by Gasteiger charge is -2.34. The number of aryl methyl sites for hydroxylation is 1. The van der Waals surface area contributed by atoms with Crippen molar-refractivity contribution in [2.45, 2.75) is 6.54 Å². The fraction of sp³-hybridized carbons (Fsp3) is 0.444. The highest BCUT2D eigenvalue weighted by atomic mass is 16.2. The fourth-order valence-electron chi connectivity index (χ4n) is 3.09. The summed E-state index contributed by atoms with van der Waals surface area (Å²) in [5, 5.41) is 2.83. The van der Waals surface area contributed by atoms with E-state index < -0.39 is 0 Å². The zero-order valence-corrected chi connectivity index (χ0v) is 14.2. The van der Waals surface area contributed by atoms with Gasteiger partial charge in [0.1, 0.15) is 5.82 Å². The summed E-state index contributed by atoms with van der Waals surface area (Å²) in [5.41, 5.74) is 2.22. The molecule has 1 saturated heterocycles. The van der Waals surface area contributed by atoms with Crippen LogP contribution in [0.4, 0.5) is 0 Å². The number of imidazole rings is 1. The Balaban J connectivity index is 1.52. The van der Waals surface area contributed by atoms with E-state index in [0.29, 0.717) is 13.1 Å². The molecule has 24 heavy (non-hydrogen) atoms. The highest BCUT2D eigenvalue weighted by Gasteiger charge is 2.20. The Hall–Kier alpha value is -2.18. The second-order valence-corrected chi connectivity index (χ2v) is 6.22. The number of amides is 1. The van der Waals surface area contributed by atoms with Gasteiger partial charge in [-0.25, -0.2) is 4.98 Å². The molecule has 1 amide bonds. The predicted molar refractivity (Wildman–Crippen MR) is 95.6 cm³/mol. The maximum atomic E-state index is 11.8. The van der Waals surface area contributed by atoms with Crippen LogP contribution in [0.5, 0.6) is 0 Å². The SMILES string of the molecule is C=CCNC(=O)CN1CCN(Cc2nc3ccccc3n2C)CC1. The van der Waals surface area contributed by atoms with Crippen LogP contribution in [-0.2, 0) is 18.4 Å². The van der Waals surface area contributed by atoms with E-state index in [1.165, 1.54) is 5.52 Å². The van der Waals surface area contributed by atoms with Crippen molar-refractivity contribution in [3.63, 3.8) is 0 Å². The number of para-hydroxylation sites is 2. The van der Waals surface area contributed by atoms with Crippen molar-refractivity contribution in [3.05, 3.63) is 42.7 Å². The quantitative estimate of drug-likeness (QED) is 0.804. The van der Waals surface area contributed by atoms with Gasteiger partial charge < -0.3 is 9.88 Å². The van der Waals surface area contributed by atoms with Gasteiger partial charge in [0.25, 0.3) is 0 Å². The lowest BCUT2D eigenvalue weighted by Crippen LogP contribution is -2.49. The molecule has 6 heteroatoms. The molecule has 0 spiro atoms. The van der Waals surface area contributed by atoms with Crippen molar-refractivity contribution < 1.29 is 4.79 Å². The van der Waals surface area contributed by atoms with Crippen molar-refractivity contribution in [1.82, 2.24) is 24.7 Å². The summed E-state index contributed by atoms with van der Waals surface area (Å²) in [6, 6.07) is 8.23. The summed E-state index contributed by atoms with van der Waals surface area (Å²) in [6.07, 6.45) is 1.70. The van der Waals surface area contributed by atoms with Crippen LogP contribution in [0.1, 0.15) is 5.82 Å². The number of piperazine rings is 1. The largest absolute Gasteiger partial charge is 0.352 e. The number of benzene rings is 1. The van der Waals surface area contributed by atoms with Crippen molar-refractivity contribution in [2.75, 3.05) is 39.3 Å². The molecule has 1 aromatic carbocycles. The van der Waals surface area contributed by atoms with Crippen LogP contribution < -0.4 is 5.32 Å². The van der Waals surface area contributed by atoms with Gasteiger partial charge in [0.15, 0.2) is 0 Å². The van der Waals surface area contributed by atoms with E-state index in [4.69, 9.17) is 4.98 Å². The van der Waals surface area contributed by atoms with E-state index >= 15 is 0 Å². The molecule has 1 aliphatic rings. The molecule has 0 radical (unpaired) electrons. The number of hydrogen-bond acceptors (Lipinski definition) is 4. The molecule has 0 bridgehead atoms. The second kappa shape index (κ2) is 7.59. The van der Waals surface area contributed by atoms with Gasteiger partial charge in [0, 0.05) is 39.8 Å². The minimum atomic E-state index is 0.0682. The van der Waals surface area contributed by atoms with Crippen LogP contribution in [0.2, 0.25) is 0 Å². The third-order valence-corrected chi connectivity index (χ3v) is 4.52. The van der Waals surface area contributed by atoms with E-state index in [0.717, 1.165) is 44.1 Å². The van der Waals surface area contributed by atoms with E-state index in [-0.39, 0.29) is 5.91 Å². The third-order valence-electron chi connectivity index (χ3n) is 4.52. The maximum absolute atomic E-state index is 11.8. The average molecular weight is 327 g/mol. The highest BCUT2D eigenvalue weighted by Crippen LogP contribution is 2.16. The number of rotatable bonds is 6. The van der Waals surface area contributed by atoms with Crippen molar-refractivity contribution in [1.29, 1.82) is 0 Å². The van der Waals surface area contributed by atoms with Gasteiger partial charge in [-0.1, -0.05) is 18.2 Å². The summed E-state index contributed by atoms with van der Waals surface area (Å²) in [7, 11) is 2.07. The standard InChI is InChI=1S/C18H25N5O/c1-3-8-19-18(24)14-23-11-9-22(10-12-23)13-17-20-15-6-4-5-7-16(15)21(17)2/h3-7H,1,8-14H2,2H3,(H,19,24). The molecule has 0 saturated carbocycles. The number of carbonyl (C=O) groups excluding carboxylic acids is 1. The first-order valence-corrected chi connectivity index (χ1v) is 8.40. The van der Waals surface area contributed by atoms with Gasteiger partial charge in [0.05, 0.1) is 24.1 Å². The second-order valence-electron chi connectivity index (χ2n) is 6.22. The molecule has 1 aliphatic heterocycles. The molecule has 2 aromatic rings. The summed E-state index contributed by atoms with van der Waals surface area (Å²) in [4.78, 5) is 21.1. The highest BCUT2D eigenvalue weighted by molar-refractivity contribution is 5.78. The molecule has 0 unspecified atom stereocenters. The Bertz CT molecular complexity index is 715. The van der Waals surface area contributed by atoms with Crippen LogP contribution in [0.3, 0.4) is 0 Å². The van der Waals surface area contributed by atoms with E-state index in [9.17, 15) is 4.79 Å². The van der Waals surface area contributed by atoms with Gasteiger partial charge >= 0.3 is 0 Å². The first kappa shape index (κ1) is 16.7. The van der Waals surface area contributed by atoms with Crippen molar-refractivity contribution >= 4 is 16.9 Å². The Morgan fingerprint density at radius 3 is 2.67 bits per heavy atom. The molecule has 6 nitrogen and oxygen atoms in total. The first-order chi connectivity index (χ1) is 11.7.